The number of rotatable bonds is 6. The third-order valence-electron chi connectivity index (χ3n) is 5.98. The van der Waals surface area contributed by atoms with Crippen LogP contribution in [0, 0.1) is 0 Å². The number of halogens is 3. The second-order valence-corrected chi connectivity index (χ2v) is 9.80. The molecule has 0 saturated carbocycles. The summed E-state index contributed by atoms with van der Waals surface area (Å²) in [5.41, 5.74) is 8.87. The van der Waals surface area contributed by atoms with Crippen LogP contribution in [-0.4, -0.2) is 73.2 Å². The van der Waals surface area contributed by atoms with Crippen molar-refractivity contribution in [2.45, 2.75) is 38.9 Å². The van der Waals surface area contributed by atoms with Gasteiger partial charge in [-0.05, 0) is 27.7 Å². The van der Waals surface area contributed by atoms with Gasteiger partial charge in [0.15, 0.2) is 6.54 Å². The van der Waals surface area contributed by atoms with E-state index in [0.29, 0.717) is 30.3 Å². The van der Waals surface area contributed by atoms with E-state index in [1.807, 2.05) is 12.1 Å². The van der Waals surface area contributed by atoms with Crippen molar-refractivity contribution in [1.29, 1.82) is 0 Å². The fraction of sp³-hybridized carbons (Fsp3) is 0.480. The fourth-order valence-electron chi connectivity index (χ4n) is 4.02. The van der Waals surface area contributed by atoms with E-state index in [9.17, 15) is 18.0 Å². The van der Waals surface area contributed by atoms with Gasteiger partial charge in [-0.2, -0.15) is 13.2 Å². The van der Waals surface area contributed by atoms with Gasteiger partial charge in [-0.1, -0.05) is 25.3 Å². The minimum atomic E-state index is -5.19. The summed E-state index contributed by atoms with van der Waals surface area (Å²) in [6, 6.07) is 7.31. The van der Waals surface area contributed by atoms with Crippen LogP contribution >= 0.6 is 0 Å². The van der Waals surface area contributed by atoms with Crippen LogP contribution in [0.3, 0.4) is 0 Å². The van der Waals surface area contributed by atoms with Gasteiger partial charge in [0.2, 0.25) is 5.78 Å². The van der Waals surface area contributed by atoms with Crippen molar-refractivity contribution >= 4 is 29.0 Å². The lowest BCUT2D eigenvalue weighted by Gasteiger charge is -2.33. The molecule has 1 saturated heterocycles. The minimum Gasteiger partial charge on any atom is -0.542 e. The summed E-state index contributed by atoms with van der Waals surface area (Å²) in [5.74, 6) is -1.71. The summed E-state index contributed by atoms with van der Waals surface area (Å²) in [6.07, 6.45) is -5.19. The molecular formula is C25H31F3N6O6. The molecule has 2 aromatic heterocycles. The van der Waals surface area contributed by atoms with E-state index in [-0.39, 0.29) is 23.7 Å². The molecule has 0 radical (unpaired) electrons. The molecule has 0 aliphatic carbocycles. The average molecular weight is 569 g/mol. The second kappa shape index (κ2) is 11.9. The molecule has 0 bridgehead atoms. The number of carbonyl (C=O) groups excluding carboxylic acids is 2. The number of nitrogen functional groups attached to an aromatic ring is 1. The number of nitrogens with two attached hydrogens (primary N) is 1. The van der Waals surface area contributed by atoms with Crippen molar-refractivity contribution in [3.63, 3.8) is 0 Å². The normalized spacial score (nSPS) is 13.9. The van der Waals surface area contributed by atoms with E-state index in [1.165, 1.54) is 11.6 Å². The molecule has 0 unspecified atom stereocenters. The minimum absolute atomic E-state index is 0.0210. The Balaban J connectivity index is 0.000000559. The first kappa shape index (κ1) is 30.4. The first-order valence-corrected chi connectivity index (χ1v) is 12.1. The van der Waals surface area contributed by atoms with E-state index in [4.69, 9.17) is 29.8 Å². The number of aliphatic carboxylic acids is 1. The van der Waals surface area contributed by atoms with Gasteiger partial charge in [0.1, 0.15) is 11.7 Å². The molecule has 3 heterocycles. The maximum atomic E-state index is 13.5. The molecule has 1 fully saturated rings. The number of alkyl halides is 3. The van der Waals surface area contributed by atoms with E-state index in [2.05, 4.69) is 35.9 Å². The highest BCUT2D eigenvalue weighted by molar-refractivity contribution is 5.97. The lowest BCUT2D eigenvalue weighted by Crippen LogP contribution is -2.41. The SMILES string of the molecule is COc1ccc2n(n1)c(N)n[n+]2CC(=O)c1cc(N2CCOCC2)c(OC)c(C(C)(C)C)c1.O=C([O-])C(F)(F)F. The first-order chi connectivity index (χ1) is 18.7. The highest BCUT2D eigenvalue weighted by atomic mass is 19.4. The quantitative estimate of drug-likeness (QED) is 0.336. The number of nitrogens with zero attached hydrogens (tertiary/aromatic N) is 5. The van der Waals surface area contributed by atoms with Crippen LogP contribution in [0.5, 0.6) is 11.6 Å². The number of fused-ring (bicyclic) bond motifs is 1. The van der Waals surface area contributed by atoms with Crippen molar-refractivity contribution in [1.82, 2.24) is 14.7 Å². The molecule has 0 amide bonds. The molecule has 0 spiro atoms. The number of Topliss-reactive ketones (excluding diaryl/α,β-unsaturated/α-hetero) is 1. The van der Waals surface area contributed by atoms with Gasteiger partial charge < -0.3 is 34.7 Å². The van der Waals surface area contributed by atoms with Crippen molar-refractivity contribution in [2.24, 2.45) is 0 Å². The summed E-state index contributed by atoms with van der Waals surface area (Å²) < 4.78 is 51.1. The Morgan fingerprint density at radius 2 is 1.75 bits per heavy atom. The number of ketones is 1. The summed E-state index contributed by atoms with van der Waals surface area (Å²) in [4.78, 5) is 24.5. The Morgan fingerprint density at radius 3 is 2.27 bits per heavy atom. The van der Waals surface area contributed by atoms with Crippen LogP contribution in [0.2, 0.25) is 0 Å². The number of carboxylic acids is 1. The molecule has 218 valence electrons. The zero-order chi connectivity index (χ0) is 29.8. The molecule has 2 N–H and O–H groups in total. The average Bonchev–Trinajstić information content (AvgIpc) is 3.21. The highest BCUT2D eigenvalue weighted by Crippen LogP contribution is 2.40. The van der Waals surface area contributed by atoms with Crippen molar-refractivity contribution in [2.75, 3.05) is 51.2 Å². The van der Waals surface area contributed by atoms with Gasteiger partial charge in [0.25, 0.3) is 5.88 Å². The maximum absolute atomic E-state index is 13.5. The Hall–Kier alpha value is -4.14. The molecular weight excluding hydrogens is 537 g/mol. The van der Waals surface area contributed by atoms with Gasteiger partial charge in [0, 0.05) is 36.3 Å². The molecule has 1 aliphatic rings. The number of aromatic nitrogens is 4. The number of anilines is 2. The lowest BCUT2D eigenvalue weighted by molar-refractivity contribution is -0.714. The number of benzene rings is 1. The zero-order valence-corrected chi connectivity index (χ0v) is 22.7. The predicted molar refractivity (Wildman–Crippen MR) is 134 cm³/mol. The molecule has 40 heavy (non-hydrogen) atoms. The number of hydrogen-bond donors (Lipinski definition) is 1. The van der Waals surface area contributed by atoms with Crippen molar-refractivity contribution < 1.29 is 46.8 Å². The number of carbonyl (C=O) groups is 2. The Kier molecular flexibility index (Phi) is 9.07. The first-order valence-electron chi connectivity index (χ1n) is 12.1. The highest BCUT2D eigenvalue weighted by Gasteiger charge is 2.30. The Labute approximate surface area is 228 Å². The number of morpholine rings is 1. The number of hydrogen-bond acceptors (Lipinski definition) is 10. The van der Waals surface area contributed by atoms with E-state index < -0.39 is 12.1 Å². The molecule has 1 aliphatic heterocycles. The zero-order valence-electron chi connectivity index (χ0n) is 22.7. The van der Waals surface area contributed by atoms with Crippen LogP contribution in [0.1, 0.15) is 36.7 Å². The molecule has 0 atom stereocenters. The van der Waals surface area contributed by atoms with E-state index in [1.54, 1.807) is 23.9 Å². The number of ether oxygens (including phenoxy) is 3. The number of methoxy groups -OCH3 is 2. The summed E-state index contributed by atoms with van der Waals surface area (Å²) in [7, 11) is 3.20. The van der Waals surface area contributed by atoms with Crippen LogP contribution in [-0.2, 0) is 21.5 Å². The largest absolute Gasteiger partial charge is 0.542 e. The summed E-state index contributed by atoms with van der Waals surface area (Å²) in [6.45, 7) is 9.10. The molecule has 15 heteroatoms. The lowest BCUT2D eigenvalue weighted by atomic mass is 9.84. The van der Waals surface area contributed by atoms with Gasteiger partial charge in [-0.15, -0.1) is 4.68 Å². The standard InChI is InChI=1S/C23H31N6O4.C2HF3O2/c1-23(2,3)16-12-15(13-17(21(16)32-5)27-8-10-33-11-9-27)18(30)14-28-20-7-6-19(31-4)25-29(20)22(24)26-28;3-2(4,5)1(6)7/h6-7,12-13H,8-11,14H2,1-5H3,(H2,24,26);(H,6,7)/q+1;/p-1. The van der Waals surface area contributed by atoms with Crippen LogP contribution in [0.15, 0.2) is 24.3 Å². The Morgan fingerprint density at radius 1 is 1.12 bits per heavy atom. The third-order valence-corrected chi connectivity index (χ3v) is 5.98. The summed E-state index contributed by atoms with van der Waals surface area (Å²) >= 11 is 0. The van der Waals surface area contributed by atoms with E-state index in [0.717, 1.165) is 30.1 Å². The van der Waals surface area contributed by atoms with E-state index >= 15 is 0 Å². The summed E-state index contributed by atoms with van der Waals surface area (Å²) in [5, 5.41) is 17.4. The monoisotopic (exact) mass is 568 g/mol. The van der Waals surface area contributed by atoms with Crippen molar-refractivity contribution in [3.05, 3.63) is 35.4 Å². The van der Waals surface area contributed by atoms with Crippen LogP contribution < -0.4 is 29.9 Å². The Bertz CT molecular complexity index is 1380. The molecule has 4 rings (SSSR count). The fourth-order valence-corrected chi connectivity index (χ4v) is 4.02. The van der Waals surface area contributed by atoms with Gasteiger partial charge >= 0.3 is 17.8 Å². The predicted octanol–water partition coefficient (Wildman–Crippen LogP) is 0.932. The van der Waals surface area contributed by atoms with Crippen molar-refractivity contribution in [3.8, 4) is 11.6 Å². The molecule has 1 aromatic carbocycles. The van der Waals surface area contributed by atoms with Gasteiger partial charge in [-0.3, -0.25) is 4.79 Å². The van der Waals surface area contributed by atoms with Gasteiger partial charge in [0.05, 0.1) is 33.1 Å². The number of carboxylic acid groups (broad SMARTS) is 1. The van der Waals surface area contributed by atoms with Crippen LogP contribution in [0.4, 0.5) is 24.8 Å². The molecule has 3 aromatic rings. The second-order valence-electron chi connectivity index (χ2n) is 9.80. The van der Waals surface area contributed by atoms with Gasteiger partial charge in [-0.25, -0.2) is 0 Å². The maximum Gasteiger partial charge on any atom is 0.430 e. The third kappa shape index (κ3) is 6.89. The van der Waals surface area contributed by atoms with Crippen LogP contribution in [0.25, 0.3) is 5.65 Å². The smallest absolute Gasteiger partial charge is 0.430 e. The molecule has 12 nitrogen and oxygen atoms in total. The topological polar surface area (TPSA) is 148 Å².